The summed E-state index contributed by atoms with van der Waals surface area (Å²) in [5, 5.41) is 9.56. The second-order valence-electron chi connectivity index (χ2n) is 2.71. The van der Waals surface area contributed by atoms with E-state index in [1.165, 1.54) is 24.3 Å². The van der Waals surface area contributed by atoms with Gasteiger partial charge in [-0.3, -0.25) is 10.0 Å². The first kappa shape index (κ1) is 9.67. The molecular formula is C9H10FNO2. The molecule has 0 fully saturated rings. The highest BCUT2D eigenvalue weighted by Crippen LogP contribution is 2.16. The zero-order chi connectivity index (χ0) is 9.84. The van der Waals surface area contributed by atoms with Crippen molar-refractivity contribution in [2.75, 3.05) is 0 Å². The number of benzene rings is 1. The Morgan fingerprint density at radius 2 is 2.00 bits per heavy atom. The van der Waals surface area contributed by atoms with Crippen molar-refractivity contribution in [2.24, 2.45) is 0 Å². The summed E-state index contributed by atoms with van der Waals surface area (Å²) in [4.78, 5) is 10.2. The van der Waals surface area contributed by atoms with Crippen LogP contribution in [0.4, 0.5) is 4.39 Å². The topological polar surface area (TPSA) is 40.5 Å². The number of halogens is 1. The molecule has 1 amide bonds. The van der Waals surface area contributed by atoms with Gasteiger partial charge in [-0.1, -0.05) is 12.1 Å². The molecule has 0 bridgehead atoms. The van der Waals surface area contributed by atoms with Gasteiger partial charge < -0.3 is 0 Å². The van der Waals surface area contributed by atoms with Crippen LogP contribution in [0.3, 0.4) is 0 Å². The van der Waals surface area contributed by atoms with Crippen molar-refractivity contribution in [3.8, 4) is 0 Å². The van der Waals surface area contributed by atoms with E-state index in [-0.39, 0.29) is 5.82 Å². The van der Waals surface area contributed by atoms with Crippen LogP contribution in [0.2, 0.25) is 0 Å². The number of rotatable bonds is 3. The molecule has 0 radical (unpaired) electrons. The van der Waals surface area contributed by atoms with Crippen molar-refractivity contribution in [1.29, 1.82) is 0 Å². The lowest BCUT2D eigenvalue weighted by molar-refractivity contribution is -0.159. The minimum atomic E-state index is -0.460. The Balaban J connectivity index is 2.82. The maximum atomic E-state index is 12.5. The van der Waals surface area contributed by atoms with Crippen LogP contribution in [0, 0.1) is 5.82 Å². The standard InChI is InChI=1S/C9H10FNO2/c1-7(11(13)6-12)8-2-4-9(10)5-3-8/h2-7,13H,1H3. The Labute approximate surface area is 75.4 Å². The van der Waals surface area contributed by atoms with Crippen LogP contribution in [0.25, 0.3) is 0 Å². The van der Waals surface area contributed by atoms with Crippen LogP contribution in [0.15, 0.2) is 24.3 Å². The predicted molar refractivity (Wildman–Crippen MR) is 44.5 cm³/mol. The van der Waals surface area contributed by atoms with Gasteiger partial charge in [-0.2, -0.15) is 0 Å². The Morgan fingerprint density at radius 3 is 2.46 bits per heavy atom. The van der Waals surface area contributed by atoms with Gasteiger partial charge in [0.1, 0.15) is 5.82 Å². The largest absolute Gasteiger partial charge is 0.286 e. The third kappa shape index (κ3) is 2.26. The van der Waals surface area contributed by atoms with E-state index in [2.05, 4.69) is 0 Å². The first-order chi connectivity index (χ1) is 6.15. The summed E-state index contributed by atoms with van der Waals surface area (Å²) in [5.74, 6) is -0.341. The van der Waals surface area contributed by atoms with Crippen molar-refractivity contribution in [3.05, 3.63) is 35.6 Å². The molecule has 0 aliphatic carbocycles. The lowest BCUT2D eigenvalue weighted by atomic mass is 10.1. The summed E-state index contributed by atoms with van der Waals surface area (Å²) >= 11 is 0. The molecule has 0 heterocycles. The molecule has 0 aromatic heterocycles. The SMILES string of the molecule is CC(c1ccc(F)cc1)N(O)C=O. The molecule has 13 heavy (non-hydrogen) atoms. The highest BCUT2D eigenvalue weighted by molar-refractivity contribution is 5.46. The molecule has 0 saturated carbocycles. The van der Waals surface area contributed by atoms with Crippen molar-refractivity contribution in [2.45, 2.75) is 13.0 Å². The highest BCUT2D eigenvalue weighted by atomic mass is 19.1. The van der Waals surface area contributed by atoms with Crippen LogP contribution in [-0.4, -0.2) is 16.7 Å². The van der Waals surface area contributed by atoms with Gasteiger partial charge in [-0.05, 0) is 24.6 Å². The van der Waals surface area contributed by atoms with Gasteiger partial charge in [-0.15, -0.1) is 0 Å². The Kier molecular flexibility index (Phi) is 2.97. The third-order valence-corrected chi connectivity index (χ3v) is 1.86. The Morgan fingerprint density at radius 1 is 1.46 bits per heavy atom. The average Bonchev–Trinajstić information content (AvgIpc) is 2.17. The van der Waals surface area contributed by atoms with E-state index >= 15 is 0 Å². The number of carbonyl (C=O) groups excluding carboxylic acids is 1. The van der Waals surface area contributed by atoms with Crippen molar-refractivity contribution in [1.82, 2.24) is 5.06 Å². The Hall–Kier alpha value is -1.42. The summed E-state index contributed by atoms with van der Waals surface area (Å²) in [7, 11) is 0. The van der Waals surface area contributed by atoms with E-state index in [4.69, 9.17) is 5.21 Å². The van der Waals surface area contributed by atoms with Gasteiger partial charge in [-0.25, -0.2) is 9.45 Å². The van der Waals surface area contributed by atoms with Crippen molar-refractivity contribution >= 4 is 6.41 Å². The molecule has 1 atom stereocenters. The molecule has 1 aromatic rings. The molecule has 1 unspecified atom stereocenters. The Bertz CT molecular complexity index is 286. The number of carbonyl (C=O) groups is 1. The molecule has 1 aromatic carbocycles. The molecule has 1 rings (SSSR count). The number of hydroxylamine groups is 2. The first-order valence-corrected chi connectivity index (χ1v) is 3.83. The quantitative estimate of drug-likeness (QED) is 0.440. The molecule has 0 spiro atoms. The molecule has 70 valence electrons. The smallest absolute Gasteiger partial charge is 0.233 e. The molecule has 4 heteroatoms. The predicted octanol–water partition coefficient (Wildman–Crippen LogP) is 1.73. The zero-order valence-electron chi connectivity index (χ0n) is 7.14. The molecular weight excluding hydrogens is 173 g/mol. The van der Waals surface area contributed by atoms with E-state index in [9.17, 15) is 9.18 Å². The summed E-state index contributed by atoms with van der Waals surface area (Å²) in [5.41, 5.74) is 0.677. The van der Waals surface area contributed by atoms with Crippen LogP contribution < -0.4 is 0 Å². The average molecular weight is 183 g/mol. The van der Waals surface area contributed by atoms with Crippen LogP contribution in [-0.2, 0) is 4.79 Å². The van der Waals surface area contributed by atoms with Crippen molar-refractivity contribution in [3.63, 3.8) is 0 Å². The van der Waals surface area contributed by atoms with Gasteiger partial charge in [0.25, 0.3) is 0 Å². The van der Waals surface area contributed by atoms with Crippen LogP contribution >= 0.6 is 0 Å². The minimum absolute atomic E-state index is 0.314. The molecule has 0 aliphatic heterocycles. The summed E-state index contributed by atoms with van der Waals surface area (Å²) in [6, 6.07) is 5.15. The number of nitrogens with zero attached hydrogens (tertiary/aromatic N) is 1. The number of hydrogen-bond donors (Lipinski definition) is 1. The van der Waals surface area contributed by atoms with E-state index in [1.54, 1.807) is 6.92 Å². The van der Waals surface area contributed by atoms with Gasteiger partial charge >= 0.3 is 0 Å². The molecule has 0 saturated heterocycles. The minimum Gasteiger partial charge on any atom is -0.286 e. The van der Waals surface area contributed by atoms with Crippen LogP contribution in [0.5, 0.6) is 0 Å². The van der Waals surface area contributed by atoms with Gasteiger partial charge in [0.05, 0.1) is 6.04 Å². The lowest BCUT2D eigenvalue weighted by Gasteiger charge is -2.17. The van der Waals surface area contributed by atoms with E-state index in [0.29, 0.717) is 17.0 Å². The van der Waals surface area contributed by atoms with Gasteiger partial charge in [0, 0.05) is 0 Å². The summed E-state index contributed by atoms with van der Waals surface area (Å²) in [6.07, 6.45) is 0.314. The normalized spacial score (nSPS) is 12.2. The second-order valence-corrected chi connectivity index (χ2v) is 2.71. The molecule has 0 aliphatic rings. The van der Waals surface area contributed by atoms with Crippen molar-refractivity contribution < 1.29 is 14.4 Å². The fourth-order valence-corrected chi connectivity index (χ4v) is 0.985. The monoisotopic (exact) mass is 183 g/mol. The van der Waals surface area contributed by atoms with Gasteiger partial charge in [0.15, 0.2) is 0 Å². The second kappa shape index (κ2) is 4.00. The maximum Gasteiger partial charge on any atom is 0.233 e. The van der Waals surface area contributed by atoms with Crippen LogP contribution in [0.1, 0.15) is 18.5 Å². The van der Waals surface area contributed by atoms with E-state index in [1.807, 2.05) is 0 Å². The number of amides is 1. The first-order valence-electron chi connectivity index (χ1n) is 3.83. The summed E-state index contributed by atoms with van der Waals surface area (Å²) < 4.78 is 12.5. The van der Waals surface area contributed by atoms with E-state index in [0.717, 1.165) is 0 Å². The third-order valence-electron chi connectivity index (χ3n) is 1.86. The zero-order valence-corrected chi connectivity index (χ0v) is 7.14. The summed E-state index contributed by atoms with van der Waals surface area (Å²) in [6.45, 7) is 1.64. The highest BCUT2D eigenvalue weighted by Gasteiger charge is 2.10. The molecule has 3 nitrogen and oxygen atoms in total. The lowest BCUT2D eigenvalue weighted by Crippen LogP contribution is -2.20. The van der Waals surface area contributed by atoms with Gasteiger partial charge in [0.2, 0.25) is 6.41 Å². The molecule has 1 N–H and O–H groups in total. The maximum absolute atomic E-state index is 12.5. The fraction of sp³-hybridized carbons (Fsp3) is 0.222. The number of hydrogen-bond acceptors (Lipinski definition) is 2. The fourth-order valence-electron chi connectivity index (χ4n) is 0.985. The van der Waals surface area contributed by atoms with E-state index < -0.39 is 6.04 Å².